The quantitative estimate of drug-likeness (QED) is 0.461. The monoisotopic (exact) mass is 215 g/mol. The van der Waals surface area contributed by atoms with Crippen molar-refractivity contribution in [2.75, 3.05) is 5.73 Å². The van der Waals surface area contributed by atoms with Crippen molar-refractivity contribution < 1.29 is 5.11 Å². The summed E-state index contributed by atoms with van der Waals surface area (Å²) >= 11 is 0. The number of hydrogen-bond donors (Lipinski definition) is 2. The van der Waals surface area contributed by atoms with Gasteiger partial charge in [0.2, 0.25) is 0 Å². The molecule has 1 atom stereocenters. The molecule has 1 aliphatic carbocycles. The SMILES string of the molecule is C#CCCCC1(O)CCc2cc(N)ccc21. The third-order valence-corrected chi connectivity index (χ3v) is 3.35. The Morgan fingerprint density at radius 1 is 1.50 bits per heavy atom. The van der Waals surface area contributed by atoms with Crippen molar-refractivity contribution in [3.05, 3.63) is 29.3 Å². The summed E-state index contributed by atoms with van der Waals surface area (Å²) in [5.41, 5.74) is 8.05. The van der Waals surface area contributed by atoms with Gasteiger partial charge in [-0.1, -0.05) is 6.07 Å². The summed E-state index contributed by atoms with van der Waals surface area (Å²) in [5.74, 6) is 2.61. The first kappa shape index (κ1) is 11.0. The van der Waals surface area contributed by atoms with Gasteiger partial charge in [-0.15, -0.1) is 12.3 Å². The Bertz CT molecular complexity index is 433. The van der Waals surface area contributed by atoms with Gasteiger partial charge in [0, 0.05) is 12.1 Å². The summed E-state index contributed by atoms with van der Waals surface area (Å²) < 4.78 is 0. The largest absolute Gasteiger partial charge is 0.399 e. The Morgan fingerprint density at radius 2 is 2.31 bits per heavy atom. The maximum atomic E-state index is 10.6. The minimum atomic E-state index is -0.681. The molecular formula is C14H17NO. The Morgan fingerprint density at radius 3 is 3.06 bits per heavy atom. The zero-order valence-corrected chi connectivity index (χ0v) is 9.37. The van der Waals surface area contributed by atoms with Gasteiger partial charge in [0.1, 0.15) is 0 Å². The number of terminal acetylenes is 1. The molecule has 2 rings (SSSR count). The molecule has 84 valence electrons. The van der Waals surface area contributed by atoms with Crippen molar-refractivity contribution in [2.45, 2.75) is 37.7 Å². The van der Waals surface area contributed by atoms with E-state index in [9.17, 15) is 5.11 Å². The highest BCUT2D eigenvalue weighted by Crippen LogP contribution is 2.40. The smallest absolute Gasteiger partial charge is 0.0902 e. The van der Waals surface area contributed by atoms with Crippen LogP contribution >= 0.6 is 0 Å². The van der Waals surface area contributed by atoms with Crippen LogP contribution in [-0.4, -0.2) is 5.11 Å². The first-order chi connectivity index (χ1) is 7.65. The van der Waals surface area contributed by atoms with Gasteiger partial charge < -0.3 is 10.8 Å². The fraction of sp³-hybridized carbons (Fsp3) is 0.429. The highest BCUT2D eigenvalue weighted by Gasteiger charge is 2.35. The first-order valence-corrected chi connectivity index (χ1v) is 5.70. The number of anilines is 1. The number of rotatable bonds is 3. The standard InChI is InChI=1S/C14H17NO/c1-2-3-4-8-14(16)9-7-11-10-12(15)5-6-13(11)14/h1,5-6,10,16H,3-4,7-9,15H2. The average Bonchev–Trinajstić information content (AvgIpc) is 2.57. The van der Waals surface area contributed by atoms with E-state index in [1.165, 1.54) is 5.56 Å². The zero-order chi connectivity index (χ0) is 11.6. The van der Waals surface area contributed by atoms with Crippen molar-refractivity contribution in [1.82, 2.24) is 0 Å². The van der Waals surface area contributed by atoms with E-state index in [0.29, 0.717) is 0 Å². The molecule has 0 heterocycles. The van der Waals surface area contributed by atoms with Crippen LogP contribution in [0.2, 0.25) is 0 Å². The van der Waals surface area contributed by atoms with Crippen LogP contribution in [0.15, 0.2) is 18.2 Å². The molecule has 1 aliphatic rings. The number of hydrogen-bond acceptors (Lipinski definition) is 2. The van der Waals surface area contributed by atoms with Gasteiger partial charge in [-0.05, 0) is 48.9 Å². The minimum Gasteiger partial charge on any atom is -0.399 e. The van der Waals surface area contributed by atoms with Crippen LogP contribution in [0.4, 0.5) is 5.69 Å². The number of unbranched alkanes of at least 4 members (excludes halogenated alkanes) is 1. The van der Waals surface area contributed by atoms with Crippen molar-refractivity contribution >= 4 is 5.69 Å². The highest BCUT2D eigenvalue weighted by atomic mass is 16.3. The molecule has 0 spiro atoms. The van der Waals surface area contributed by atoms with Crippen LogP contribution in [0.25, 0.3) is 0 Å². The molecule has 2 nitrogen and oxygen atoms in total. The van der Waals surface area contributed by atoms with Crippen molar-refractivity contribution in [2.24, 2.45) is 0 Å². The normalized spacial score (nSPS) is 22.8. The van der Waals surface area contributed by atoms with E-state index in [0.717, 1.165) is 43.4 Å². The zero-order valence-electron chi connectivity index (χ0n) is 9.37. The van der Waals surface area contributed by atoms with Gasteiger partial charge in [0.15, 0.2) is 0 Å². The molecule has 2 heteroatoms. The molecule has 1 unspecified atom stereocenters. The molecule has 3 N–H and O–H groups in total. The summed E-state index contributed by atoms with van der Waals surface area (Å²) in [7, 11) is 0. The fourth-order valence-corrected chi connectivity index (χ4v) is 2.49. The first-order valence-electron chi connectivity index (χ1n) is 5.70. The van der Waals surface area contributed by atoms with Gasteiger partial charge >= 0.3 is 0 Å². The Balaban J connectivity index is 2.19. The van der Waals surface area contributed by atoms with Crippen molar-refractivity contribution in [3.8, 4) is 12.3 Å². The lowest BCUT2D eigenvalue weighted by Crippen LogP contribution is -2.21. The number of nitrogens with two attached hydrogens (primary N) is 1. The number of aliphatic hydroxyl groups is 1. The molecule has 0 aliphatic heterocycles. The van der Waals surface area contributed by atoms with Crippen molar-refractivity contribution in [1.29, 1.82) is 0 Å². The number of benzene rings is 1. The summed E-state index contributed by atoms with van der Waals surface area (Å²) in [4.78, 5) is 0. The lowest BCUT2D eigenvalue weighted by atomic mass is 9.90. The number of aryl methyl sites for hydroxylation is 1. The predicted molar refractivity (Wildman–Crippen MR) is 65.8 cm³/mol. The number of nitrogen functional groups attached to an aromatic ring is 1. The predicted octanol–water partition coefficient (Wildman–Crippen LogP) is 2.21. The lowest BCUT2D eigenvalue weighted by Gasteiger charge is -2.23. The Kier molecular flexibility index (Phi) is 2.89. The van der Waals surface area contributed by atoms with Gasteiger partial charge in [-0.3, -0.25) is 0 Å². The molecule has 16 heavy (non-hydrogen) atoms. The summed E-state index contributed by atoms with van der Waals surface area (Å²) in [6.07, 6.45) is 9.27. The summed E-state index contributed by atoms with van der Waals surface area (Å²) in [5, 5.41) is 10.6. The molecule has 0 amide bonds. The molecule has 0 bridgehead atoms. The molecule has 0 saturated carbocycles. The van der Waals surface area contributed by atoms with E-state index in [2.05, 4.69) is 5.92 Å². The maximum absolute atomic E-state index is 10.6. The molecular weight excluding hydrogens is 198 g/mol. The molecule has 1 aromatic rings. The summed E-state index contributed by atoms with van der Waals surface area (Å²) in [6.45, 7) is 0. The van der Waals surface area contributed by atoms with Gasteiger partial charge in [0.05, 0.1) is 5.60 Å². The van der Waals surface area contributed by atoms with Gasteiger partial charge in [0.25, 0.3) is 0 Å². The second-order valence-corrected chi connectivity index (χ2v) is 4.51. The molecule has 0 radical (unpaired) electrons. The van der Waals surface area contributed by atoms with Crippen LogP contribution in [-0.2, 0) is 12.0 Å². The second kappa shape index (κ2) is 4.19. The lowest BCUT2D eigenvalue weighted by molar-refractivity contribution is 0.0278. The molecule has 0 saturated heterocycles. The van der Waals surface area contributed by atoms with E-state index < -0.39 is 5.60 Å². The van der Waals surface area contributed by atoms with E-state index in [4.69, 9.17) is 12.2 Å². The summed E-state index contributed by atoms with van der Waals surface area (Å²) in [6, 6.07) is 5.78. The Labute approximate surface area is 96.5 Å². The Hall–Kier alpha value is -1.46. The number of fused-ring (bicyclic) bond motifs is 1. The van der Waals surface area contributed by atoms with Crippen LogP contribution in [0.1, 0.15) is 36.8 Å². The highest BCUT2D eigenvalue weighted by molar-refractivity contribution is 5.48. The van der Waals surface area contributed by atoms with E-state index in [1.54, 1.807) is 0 Å². The second-order valence-electron chi connectivity index (χ2n) is 4.51. The van der Waals surface area contributed by atoms with Gasteiger partial charge in [-0.25, -0.2) is 0 Å². The molecule has 0 fully saturated rings. The molecule has 1 aromatic carbocycles. The molecule has 0 aromatic heterocycles. The van der Waals surface area contributed by atoms with Crippen LogP contribution < -0.4 is 5.73 Å². The van der Waals surface area contributed by atoms with Crippen LogP contribution in [0.5, 0.6) is 0 Å². The average molecular weight is 215 g/mol. The minimum absolute atomic E-state index is 0.681. The maximum Gasteiger partial charge on any atom is 0.0902 e. The fourth-order valence-electron chi connectivity index (χ4n) is 2.49. The third-order valence-electron chi connectivity index (χ3n) is 3.35. The van der Waals surface area contributed by atoms with Crippen LogP contribution in [0, 0.1) is 12.3 Å². The van der Waals surface area contributed by atoms with Crippen LogP contribution in [0.3, 0.4) is 0 Å². The van der Waals surface area contributed by atoms with E-state index in [-0.39, 0.29) is 0 Å². The topological polar surface area (TPSA) is 46.2 Å². The van der Waals surface area contributed by atoms with E-state index in [1.807, 2.05) is 18.2 Å². The van der Waals surface area contributed by atoms with Gasteiger partial charge in [-0.2, -0.15) is 0 Å². The third kappa shape index (κ3) is 1.91. The van der Waals surface area contributed by atoms with Crippen molar-refractivity contribution in [3.63, 3.8) is 0 Å². The van der Waals surface area contributed by atoms with E-state index >= 15 is 0 Å².